The molecule has 202 valence electrons. The lowest BCUT2D eigenvalue weighted by molar-refractivity contribution is -0.0505. The number of benzene rings is 2. The fraction of sp³-hybridized carbons (Fsp3) is 0.379. The van der Waals surface area contributed by atoms with E-state index >= 15 is 0 Å². The lowest BCUT2D eigenvalue weighted by Gasteiger charge is -2.19. The molecule has 0 amide bonds. The molecule has 8 nitrogen and oxygen atoms in total. The van der Waals surface area contributed by atoms with E-state index in [0.717, 1.165) is 30.4 Å². The average Bonchev–Trinajstić information content (AvgIpc) is 3.48. The van der Waals surface area contributed by atoms with Crippen molar-refractivity contribution in [1.82, 2.24) is 19.3 Å². The van der Waals surface area contributed by atoms with Crippen molar-refractivity contribution in [1.29, 1.82) is 5.26 Å². The van der Waals surface area contributed by atoms with E-state index in [0.29, 0.717) is 22.0 Å². The van der Waals surface area contributed by atoms with E-state index in [1.165, 1.54) is 10.7 Å². The van der Waals surface area contributed by atoms with Gasteiger partial charge in [0.2, 0.25) is 0 Å². The van der Waals surface area contributed by atoms with Gasteiger partial charge < -0.3 is 9.84 Å². The number of halogens is 2. The number of hydrogen-bond donors (Lipinski definition) is 1. The second-order valence-corrected chi connectivity index (χ2v) is 10.5. The van der Waals surface area contributed by atoms with Gasteiger partial charge in [0.15, 0.2) is 5.82 Å². The number of aliphatic hydroxyl groups is 1. The van der Waals surface area contributed by atoms with Crippen LogP contribution in [0.25, 0.3) is 22.0 Å². The van der Waals surface area contributed by atoms with Crippen molar-refractivity contribution < 1.29 is 18.6 Å². The van der Waals surface area contributed by atoms with Crippen LogP contribution in [0.1, 0.15) is 56.0 Å². The monoisotopic (exact) mass is 533 g/mol. The van der Waals surface area contributed by atoms with Gasteiger partial charge in [-0.3, -0.25) is 14.2 Å². The summed E-state index contributed by atoms with van der Waals surface area (Å²) in [4.78, 5) is 21.6. The van der Waals surface area contributed by atoms with Crippen molar-refractivity contribution in [3.8, 4) is 22.9 Å². The highest BCUT2D eigenvalue weighted by Gasteiger charge is 2.29. The van der Waals surface area contributed by atoms with E-state index in [2.05, 4.69) is 16.0 Å². The summed E-state index contributed by atoms with van der Waals surface area (Å²) < 4.78 is 34.6. The molecule has 1 unspecified atom stereocenters. The van der Waals surface area contributed by atoms with Crippen LogP contribution in [0, 0.1) is 17.2 Å². The first-order chi connectivity index (χ1) is 18.6. The predicted octanol–water partition coefficient (Wildman–Crippen LogP) is 5.08. The first-order valence-corrected chi connectivity index (χ1v) is 12.8. The molecule has 0 bridgehead atoms. The molecule has 2 heterocycles. The molecule has 0 aliphatic heterocycles. The van der Waals surface area contributed by atoms with Gasteiger partial charge >= 0.3 is 6.61 Å². The van der Waals surface area contributed by atoms with E-state index < -0.39 is 12.2 Å². The third kappa shape index (κ3) is 5.14. The zero-order valence-electron chi connectivity index (χ0n) is 21.9. The van der Waals surface area contributed by atoms with Crippen LogP contribution in [0.5, 0.6) is 5.75 Å². The lowest BCUT2D eigenvalue weighted by atomic mass is 9.89. The Balaban J connectivity index is 1.58. The molecular formula is C29H29F2N5O3. The predicted molar refractivity (Wildman–Crippen MR) is 141 cm³/mol. The quantitative estimate of drug-likeness (QED) is 0.355. The zero-order chi connectivity index (χ0) is 27.9. The van der Waals surface area contributed by atoms with Gasteiger partial charge in [0, 0.05) is 30.6 Å². The first-order valence-electron chi connectivity index (χ1n) is 12.8. The molecule has 0 saturated heterocycles. The van der Waals surface area contributed by atoms with Crippen LogP contribution in [-0.2, 0) is 19.2 Å². The number of nitriles is 1. The second-order valence-electron chi connectivity index (χ2n) is 10.5. The Labute approximate surface area is 224 Å². The molecule has 1 fully saturated rings. The first kappa shape index (κ1) is 26.5. The molecule has 0 radical (unpaired) electrons. The summed E-state index contributed by atoms with van der Waals surface area (Å²) in [5.74, 6) is 0.222. The number of hydrogen-bond acceptors (Lipinski definition) is 6. The largest absolute Gasteiger partial charge is 0.434 e. The fourth-order valence-corrected chi connectivity index (χ4v) is 5.37. The summed E-state index contributed by atoms with van der Waals surface area (Å²) in [6.07, 6.45) is 5.82. The summed E-state index contributed by atoms with van der Waals surface area (Å²) in [5, 5.41) is 20.2. The Morgan fingerprint density at radius 3 is 2.56 bits per heavy atom. The highest BCUT2D eigenvalue weighted by molar-refractivity contribution is 5.84. The summed E-state index contributed by atoms with van der Waals surface area (Å²) in [5.41, 5.74) is 2.05. The Kier molecular flexibility index (Phi) is 6.95. The molecule has 1 aliphatic carbocycles. The van der Waals surface area contributed by atoms with Crippen molar-refractivity contribution in [3.63, 3.8) is 0 Å². The van der Waals surface area contributed by atoms with E-state index in [9.17, 15) is 23.9 Å². The Morgan fingerprint density at radius 1 is 1.15 bits per heavy atom. The SMILES string of the molecule is Cn1c(=O)c2ccc(-c3cnc(C(C)(C)O)nc3)cc2n1Cc1cc([C@@H]2CCCC2C#N)ccc1OC(F)F. The number of nitrogens with zero attached hydrogens (tertiary/aromatic N) is 5. The zero-order valence-corrected chi connectivity index (χ0v) is 21.9. The maximum absolute atomic E-state index is 13.3. The number of alkyl halides is 2. The van der Waals surface area contributed by atoms with Crippen LogP contribution in [-0.4, -0.2) is 31.0 Å². The fourth-order valence-electron chi connectivity index (χ4n) is 5.37. The maximum Gasteiger partial charge on any atom is 0.387 e. The Morgan fingerprint density at radius 2 is 1.90 bits per heavy atom. The van der Waals surface area contributed by atoms with Gasteiger partial charge in [0.25, 0.3) is 5.56 Å². The minimum absolute atomic E-state index is 0.0260. The molecule has 0 spiro atoms. The van der Waals surface area contributed by atoms with Crippen molar-refractivity contribution >= 4 is 10.9 Å². The third-order valence-corrected chi connectivity index (χ3v) is 7.43. The molecule has 1 N–H and O–H groups in total. The number of fused-ring (bicyclic) bond motifs is 1. The second kappa shape index (κ2) is 10.2. The topological polar surface area (TPSA) is 106 Å². The normalized spacial score (nSPS) is 17.6. The minimum atomic E-state index is -3.00. The lowest BCUT2D eigenvalue weighted by Crippen LogP contribution is -2.20. The van der Waals surface area contributed by atoms with Crippen molar-refractivity contribution in [2.45, 2.75) is 57.8 Å². The third-order valence-electron chi connectivity index (χ3n) is 7.43. The Bertz CT molecular complexity index is 1610. The van der Waals surface area contributed by atoms with Crippen molar-refractivity contribution in [2.75, 3.05) is 0 Å². The molecule has 2 aromatic carbocycles. The minimum Gasteiger partial charge on any atom is -0.434 e. The van der Waals surface area contributed by atoms with Crippen LogP contribution < -0.4 is 10.3 Å². The van der Waals surface area contributed by atoms with E-state index in [4.69, 9.17) is 4.74 Å². The van der Waals surface area contributed by atoms with Crippen LogP contribution >= 0.6 is 0 Å². The number of rotatable bonds is 7. The molecular weight excluding hydrogens is 504 g/mol. The molecule has 2 atom stereocenters. The van der Waals surface area contributed by atoms with Gasteiger partial charge in [0.05, 0.1) is 29.4 Å². The summed E-state index contributed by atoms with van der Waals surface area (Å²) in [6.45, 7) is 0.305. The average molecular weight is 534 g/mol. The van der Waals surface area contributed by atoms with Crippen LogP contribution in [0.4, 0.5) is 8.78 Å². The smallest absolute Gasteiger partial charge is 0.387 e. The molecule has 5 rings (SSSR count). The molecule has 4 aromatic rings. The van der Waals surface area contributed by atoms with Crippen LogP contribution in [0.15, 0.2) is 53.6 Å². The van der Waals surface area contributed by atoms with Crippen LogP contribution in [0.3, 0.4) is 0 Å². The number of ether oxygens (including phenoxy) is 1. The van der Waals surface area contributed by atoms with E-state index in [1.54, 1.807) is 56.2 Å². The number of aromatic nitrogens is 4. The molecule has 10 heteroatoms. The highest BCUT2D eigenvalue weighted by atomic mass is 19.3. The Hall–Kier alpha value is -4.10. The molecule has 1 saturated carbocycles. The standard InChI is InChI=1S/C29H29F2N5O3/c1-29(2,38)27-33-14-21(15-34-27)17-7-9-23-24(12-17)36(35(3)26(23)37)16-20-11-18(8-10-25(20)39-28(30)31)22-6-4-5-19(22)13-32/h7-12,14-15,19,22,28,38H,4-6,16H2,1-3H3/t19?,22-/m0/s1. The maximum atomic E-state index is 13.3. The van der Waals surface area contributed by atoms with Gasteiger partial charge in [-0.2, -0.15) is 14.0 Å². The van der Waals surface area contributed by atoms with Gasteiger partial charge in [-0.05, 0) is 68.0 Å². The van der Waals surface area contributed by atoms with Crippen LogP contribution in [0.2, 0.25) is 0 Å². The molecule has 2 aromatic heterocycles. The summed E-state index contributed by atoms with van der Waals surface area (Å²) >= 11 is 0. The highest BCUT2D eigenvalue weighted by Crippen LogP contribution is 2.40. The van der Waals surface area contributed by atoms with Crippen molar-refractivity contribution in [2.24, 2.45) is 13.0 Å². The van der Waals surface area contributed by atoms with E-state index in [1.807, 2.05) is 12.1 Å². The molecule has 39 heavy (non-hydrogen) atoms. The van der Waals surface area contributed by atoms with Gasteiger partial charge in [-0.15, -0.1) is 0 Å². The summed E-state index contributed by atoms with van der Waals surface area (Å²) in [6, 6.07) is 12.8. The van der Waals surface area contributed by atoms with Gasteiger partial charge in [-0.25, -0.2) is 9.97 Å². The summed E-state index contributed by atoms with van der Waals surface area (Å²) in [7, 11) is 1.63. The van der Waals surface area contributed by atoms with E-state index in [-0.39, 0.29) is 35.5 Å². The van der Waals surface area contributed by atoms with Crippen molar-refractivity contribution in [3.05, 3.63) is 76.1 Å². The molecule has 1 aliphatic rings. The van der Waals surface area contributed by atoms with Gasteiger partial charge in [-0.1, -0.05) is 18.6 Å². The van der Waals surface area contributed by atoms with Gasteiger partial charge in [0.1, 0.15) is 11.4 Å².